The van der Waals surface area contributed by atoms with Crippen molar-refractivity contribution in [2.24, 2.45) is 5.92 Å². The van der Waals surface area contributed by atoms with Crippen molar-refractivity contribution in [2.75, 3.05) is 23.7 Å². The molecule has 3 amide bonds. The summed E-state index contributed by atoms with van der Waals surface area (Å²) >= 11 is 6.09. The highest BCUT2D eigenvalue weighted by molar-refractivity contribution is 6.31. The van der Waals surface area contributed by atoms with Crippen molar-refractivity contribution >= 4 is 34.9 Å². The second-order valence-electron chi connectivity index (χ2n) is 6.51. The molecule has 3 rings (SSSR count). The Morgan fingerprint density at radius 1 is 1.00 bits per heavy atom. The van der Waals surface area contributed by atoms with E-state index in [1.165, 1.54) is 0 Å². The van der Waals surface area contributed by atoms with Crippen molar-refractivity contribution in [3.8, 4) is 0 Å². The zero-order chi connectivity index (χ0) is 18.5. The summed E-state index contributed by atoms with van der Waals surface area (Å²) in [7, 11) is 0. The number of amides is 3. The molecule has 0 unspecified atom stereocenters. The van der Waals surface area contributed by atoms with Gasteiger partial charge >= 0.3 is 6.03 Å². The van der Waals surface area contributed by atoms with Gasteiger partial charge < -0.3 is 15.5 Å². The molecule has 0 aromatic heterocycles. The molecular weight excluding hydrogens is 350 g/mol. The van der Waals surface area contributed by atoms with E-state index in [9.17, 15) is 9.59 Å². The number of piperidine rings is 1. The van der Waals surface area contributed by atoms with E-state index in [4.69, 9.17) is 11.6 Å². The summed E-state index contributed by atoms with van der Waals surface area (Å²) in [5.74, 6) is -0.0605. The van der Waals surface area contributed by atoms with E-state index >= 15 is 0 Å². The minimum Gasteiger partial charge on any atom is -0.326 e. The van der Waals surface area contributed by atoms with Crippen molar-refractivity contribution in [3.05, 3.63) is 59.1 Å². The third-order valence-corrected chi connectivity index (χ3v) is 5.02. The number of carbonyl (C=O) groups excluding carboxylic acids is 2. The molecule has 2 aromatic rings. The molecule has 0 bridgehead atoms. The summed E-state index contributed by atoms with van der Waals surface area (Å²) in [6.07, 6.45) is 1.31. The molecule has 136 valence electrons. The molecule has 2 aromatic carbocycles. The normalized spacial score (nSPS) is 14.8. The number of rotatable bonds is 3. The zero-order valence-corrected chi connectivity index (χ0v) is 15.4. The van der Waals surface area contributed by atoms with Crippen molar-refractivity contribution in [2.45, 2.75) is 19.8 Å². The number of benzene rings is 2. The van der Waals surface area contributed by atoms with Gasteiger partial charge in [-0.05, 0) is 49.6 Å². The van der Waals surface area contributed by atoms with E-state index in [0.29, 0.717) is 36.6 Å². The standard InChI is InChI=1S/C20H22ClN3O2/c1-14-7-8-17(13-18(14)21)23-20(26)24-11-9-15(10-12-24)19(25)22-16-5-3-2-4-6-16/h2-8,13,15H,9-12H2,1H3,(H,22,25)(H,23,26). The second kappa shape index (κ2) is 8.23. The largest absolute Gasteiger partial charge is 0.326 e. The monoisotopic (exact) mass is 371 g/mol. The molecular formula is C20H22ClN3O2. The first-order valence-electron chi connectivity index (χ1n) is 8.71. The Morgan fingerprint density at radius 3 is 2.35 bits per heavy atom. The molecule has 0 radical (unpaired) electrons. The molecule has 0 spiro atoms. The van der Waals surface area contributed by atoms with Crippen LogP contribution >= 0.6 is 11.6 Å². The molecule has 5 nitrogen and oxygen atoms in total. The van der Waals surface area contributed by atoms with Gasteiger partial charge in [0.15, 0.2) is 0 Å². The van der Waals surface area contributed by atoms with Crippen molar-refractivity contribution in [1.29, 1.82) is 0 Å². The van der Waals surface area contributed by atoms with Crippen molar-refractivity contribution < 1.29 is 9.59 Å². The fraction of sp³-hybridized carbons (Fsp3) is 0.300. The van der Waals surface area contributed by atoms with Gasteiger partial charge in [0.05, 0.1) is 0 Å². The van der Waals surface area contributed by atoms with E-state index in [0.717, 1.165) is 11.3 Å². The SMILES string of the molecule is Cc1ccc(NC(=O)N2CCC(C(=O)Nc3ccccc3)CC2)cc1Cl. The van der Waals surface area contributed by atoms with Crippen LogP contribution in [0.25, 0.3) is 0 Å². The molecule has 0 aliphatic carbocycles. The van der Waals surface area contributed by atoms with Gasteiger partial charge in [0.2, 0.25) is 5.91 Å². The second-order valence-corrected chi connectivity index (χ2v) is 6.92. The summed E-state index contributed by atoms with van der Waals surface area (Å²) in [5.41, 5.74) is 2.44. The highest BCUT2D eigenvalue weighted by Crippen LogP contribution is 2.22. The highest BCUT2D eigenvalue weighted by Gasteiger charge is 2.27. The molecule has 1 aliphatic heterocycles. The van der Waals surface area contributed by atoms with E-state index in [1.54, 1.807) is 11.0 Å². The third-order valence-electron chi connectivity index (χ3n) is 4.62. The predicted molar refractivity (Wildman–Crippen MR) is 105 cm³/mol. The lowest BCUT2D eigenvalue weighted by molar-refractivity contribution is -0.121. The Morgan fingerprint density at radius 2 is 1.69 bits per heavy atom. The minimum atomic E-state index is -0.160. The van der Waals surface area contributed by atoms with Crippen LogP contribution in [-0.4, -0.2) is 29.9 Å². The maximum atomic E-state index is 12.4. The average Bonchev–Trinajstić information content (AvgIpc) is 2.65. The van der Waals surface area contributed by atoms with E-state index in [1.807, 2.05) is 49.4 Å². The van der Waals surface area contributed by atoms with Crippen LogP contribution in [0.5, 0.6) is 0 Å². The Hall–Kier alpha value is -2.53. The molecule has 2 N–H and O–H groups in total. The van der Waals surface area contributed by atoms with Crippen LogP contribution in [-0.2, 0) is 4.79 Å². The molecule has 26 heavy (non-hydrogen) atoms. The van der Waals surface area contributed by atoms with Crippen LogP contribution in [0.1, 0.15) is 18.4 Å². The molecule has 0 atom stereocenters. The number of nitrogens with one attached hydrogen (secondary N) is 2. The van der Waals surface area contributed by atoms with Crippen LogP contribution in [0.3, 0.4) is 0 Å². The molecule has 1 aliphatic rings. The van der Waals surface area contributed by atoms with Gasteiger partial charge in [-0.1, -0.05) is 35.9 Å². The van der Waals surface area contributed by atoms with Crippen LogP contribution in [0.15, 0.2) is 48.5 Å². The average molecular weight is 372 g/mol. The van der Waals surface area contributed by atoms with E-state index < -0.39 is 0 Å². The maximum absolute atomic E-state index is 12.4. The number of hydrogen-bond donors (Lipinski definition) is 2. The summed E-state index contributed by atoms with van der Waals surface area (Å²) in [5, 5.41) is 6.42. The van der Waals surface area contributed by atoms with Gasteiger partial charge in [0.1, 0.15) is 0 Å². The van der Waals surface area contributed by atoms with E-state index in [2.05, 4.69) is 10.6 Å². The number of carbonyl (C=O) groups is 2. The molecule has 0 saturated carbocycles. The number of likely N-dealkylation sites (tertiary alicyclic amines) is 1. The first kappa shape index (κ1) is 18.3. The van der Waals surface area contributed by atoms with Gasteiger partial charge in [-0.2, -0.15) is 0 Å². The molecule has 1 heterocycles. The third kappa shape index (κ3) is 4.55. The van der Waals surface area contributed by atoms with Gasteiger partial charge in [-0.25, -0.2) is 4.79 Å². The van der Waals surface area contributed by atoms with Crippen LogP contribution < -0.4 is 10.6 Å². The summed E-state index contributed by atoms with van der Waals surface area (Å²) in [4.78, 5) is 26.5. The van der Waals surface area contributed by atoms with E-state index in [-0.39, 0.29) is 17.9 Å². The number of hydrogen-bond acceptors (Lipinski definition) is 2. The number of aryl methyl sites for hydroxylation is 1. The summed E-state index contributed by atoms with van der Waals surface area (Å²) in [6.45, 7) is 3.02. The fourth-order valence-electron chi connectivity index (χ4n) is 2.98. The Labute approximate surface area is 158 Å². The van der Waals surface area contributed by atoms with Crippen LogP contribution in [0.4, 0.5) is 16.2 Å². The number of urea groups is 1. The number of para-hydroxylation sites is 1. The minimum absolute atomic E-state index is 0.0153. The topological polar surface area (TPSA) is 61.4 Å². The van der Waals surface area contributed by atoms with Crippen LogP contribution in [0.2, 0.25) is 5.02 Å². The van der Waals surface area contributed by atoms with Crippen molar-refractivity contribution in [3.63, 3.8) is 0 Å². The van der Waals surface area contributed by atoms with Crippen LogP contribution in [0, 0.1) is 12.8 Å². The first-order valence-corrected chi connectivity index (χ1v) is 9.09. The zero-order valence-electron chi connectivity index (χ0n) is 14.7. The molecule has 6 heteroatoms. The number of halogens is 1. The lowest BCUT2D eigenvalue weighted by Gasteiger charge is -2.31. The Kier molecular flexibility index (Phi) is 5.78. The lowest BCUT2D eigenvalue weighted by Crippen LogP contribution is -2.43. The molecule has 1 fully saturated rings. The predicted octanol–water partition coefficient (Wildman–Crippen LogP) is 4.53. The number of anilines is 2. The first-order chi connectivity index (χ1) is 12.5. The lowest BCUT2D eigenvalue weighted by atomic mass is 9.96. The Bertz CT molecular complexity index is 787. The highest BCUT2D eigenvalue weighted by atomic mass is 35.5. The summed E-state index contributed by atoms with van der Waals surface area (Å²) in [6, 6.07) is 14.7. The van der Waals surface area contributed by atoms with Gasteiger partial charge in [-0.3, -0.25) is 4.79 Å². The van der Waals surface area contributed by atoms with Crippen molar-refractivity contribution in [1.82, 2.24) is 4.90 Å². The maximum Gasteiger partial charge on any atom is 0.321 e. The Balaban J connectivity index is 1.50. The summed E-state index contributed by atoms with van der Waals surface area (Å²) < 4.78 is 0. The quantitative estimate of drug-likeness (QED) is 0.832. The van der Waals surface area contributed by atoms with Gasteiger partial charge in [0.25, 0.3) is 0 Å². The van der Waals surface area contributed by atoms with Gasteiger partial charge in [0, 0.05) is 35.4 Å². The fourth-order valence-corrected chi connectivity index (χ4v) is 3.16. The smallest absolute Gasteiger partial charge is 0.321 e. The molecule has 1 saturated heterocycles. The number of nitrogens with zero attached hydrogens (tertiary/aromatic N) is 1. The van der Waals surface area contributed by atoms with Gasteiger partial charge in [-0.15, -0.1) is 0 Å².